The molecule has 236 valence electrons. The molecule has 4 heteroatoms. The van der Waals surface area contributed by atoms with Crippen LogP contribution in [0.5, 0.6) is 5.75 Å². The molecule has 4 nitrogen and oxygen atoms in total. The minimum absolute atomic E-state index is 0.281. The van der Waals surface area contributed by atoms with Crippen LogP contribution in [0.3, 0.4) is 0 Å². The highest BCUT2D eigenvalue weighted by molar-refractivity contribution is 5.82. The molecule has 1 aromatic rings. The first-order valence-corrected chi connectivity index (χ1v) is 17.2. The largest absolute Gasteiger partial charge is 0.507 e. The van der Waals surface area contributed by atoms with Crippen molar-refractivity contribution in [2.45, 2.75) is 180 Å². The maximum Gasteiger partial charge on any atom is 0.328 e. The Morgan fingerprint density at radius 1 is 0.732 bits per heavy atom. The molecule has 2 rings (SSSR count). The molecule has 0 unspecified atom stereocenters. The van der Waals surface area contributed by atoms with E-state index in [1.165, 1.54) is 96.3 Å². The second-order valence-corrected chi connectivity index (χ2v) is 15.0. The van der Waals surface area contributed by atoms with Gasteiger partial charge in [0.1, 0.15) is 11.3 Å². The van der Waals surface area contributed by atoms with E-state index in [1.54, 1.807) is 0 Å². The Hall–Kier alpha value is -1.55. The summed E-state index contributed by atoms with van der Waals surface area (Å²) in [6, 6.07) is 3.98. The van der Waals surface area contributed by atoms with Crippen LogP contribution in [0.1, 0.15) is 181 Å². The monoisotopic (exact) mass is 571 g/mol. The summed E-state index contributed by atoms with van der Waals surface area (Å²) in [5.41, 5.74) is 0.952. The lowest BCUT2D eigenvalue weighted by molar-refractivity contribution is -0.150. The van der Waals surface area contributed by atoms with E-state index in [2.05, 4.69) is 53.4 Å². The van der Waals surface area contributed by atoms with Gasteiger partial charge in [-0.2, -0.15) is 0 Å². The number of aromatic hydroxyl groups is 1. The molecule has 0 spiro atoms. The second-order valence-electron chi connectivity index (χ2n) is 15.0. The zero-order chi connectivity index (χ0) is 30.5. The number of phenols is 1. The first-order valence-electron chi connectivity index (χ1n) is 17.2. The Balaban J connectivity index is 1.84. The molecular formula is C37H65NO3. The molecule has 1 aromatic carbocycles. The van der Waals surface area contributed by atoms with Crippen LogP contribution in [0.2, 0.25) is 0 Å². The van der Waals surface area contributed by atoms with Gasteiger partial charge in [0, 0.05) is 0 Å². The number of carbonyl (C=O) groups is 1. The van der Waals surface area contributed by atoms with Gasteiger partial charge in [0.2, 0.25) is 0 Å². The number of hydrogen-bond acceptors (Lipinski definition) is 3. The number of carboxylic acid groups (broad SMARTS) is 1. The summed E-state index contributed by atoms with van der Waals surface area (Å²) in [7, 11) is 0. The fourth-order valence-electron chi connectivity index (χ4n) is 6.74. The Morgan fingerprint density at radius 3 is 1.49 bits per heavy atom. The third-order valence-electron chi connectivity index (χ3n) is 9.35. The fourth-order valence-corrected chi connectivity index (χ4v) is 6.74. The lowest BCUT2D eigenvalue weighted by atomic mass is 9.75. The first-order chi connectivity index (χ1) is 19.4. The molecule has 0 bridgehead atoms. The SMILES string of the molecule is CCCCCCCCCCCCCCCCCCN1CCC[C@]1(C(=O)O)c1cc(C(C)(C)C)c(O)c(C(C)(C)C)c1. The van der Waals surface area contributed by atoms with Crippen LogP contribution in [-0.2, 0) is 21.2 Å². The van der Waals surface area contributed by atoms with Crippen molar-refractivity contribution < 1.29 is 15.0 Å². The van der Waals surface area contributed by atoms with Gasteiger partial charge in [-0.15, -0.1) is 0 Å². The number of rotatable bonds is 19. The molecule has 0 aliphatic carbocycles. The Bertz CT molecular complexity index is 875. The third kappa shape index (κ3) is 10.6. The van der Waals surface area contributed by atoms with Crippen molar-refractivity contribution in [3.63, 3.8) is 0 Å². The quantitative estimate of drug-likeness (QED) is 0.162. The number of carboxylic acids is 1. The summed E-state index contributed by atoms with van der Waals surface area (Å²) < 4.78 is 0. The topological polar surface area (TPSA) is 60.8 Å². The number of unbranched alkanes of at least 4 members (excludes halogenated alkanes) is 15. The Labute approximate surface area is 253 Å². The summed E-state index contributed by atoms with van der Waals surface area (Å²) in [5, 5.41) is 21.9. The summed E-state index contributed by atoms with van der Waals surface area (Å²) in [6.07, 6.45) is 23.0. The van der Waals surface area contributed by atoms with Gasteiger partial charge in [-0.1, -0.05) is 145 Å². The lowest BCUT2D eigenvalue weighted by Gasteiger charge is -2.38. The number of hydrogen-bond donors (Lipinski definition) is 2. The standard InChI is InChI=1S/C37H65NO3/c1-8-9-10-11-12-13-14-15-16-17-18-19-20-21-22-23-26-38-27-24-25-37(38,34(40)41)30-28-31(35(2,3)4)33(39)32(29-30)36(5,6)7/h28-29,39H,8-27H2,1-7H3,(H,40,41)/t37-/m1/s1. The van der Waals surface area contributed by atoms with Gasteiger partial charge in [-0.3, -0.25) is 4.90 Å². The maximum atomic E-state index is 13.0. The van der Waals surface area contributed by atoms with E-state index in [4.69, 9.17) is 0 Å². The molecule has 0 aromatic heterocycles. The average Bonchev–Trinajstić information content (AvgIpc) is 3.32. The highest BCUT2D eigenvalue weighted by Crippen LogP contribution is 2.46. The molecular weight excluding hydrogens is 506 g/mol. The van der Waals surface area contributed by atoms with Crippen LogP contribution < -0.4 is 0 Å². The van der Waals surface area contributed by atoms with E-state index < -0.39 is 11.5 Å². The molecule has 41 heavy (non-hydrogen) atoms. The summed E-state index contributed by atoms with van der Waals surface area (Å²) in [6.45, 7) is 16.5. The van der Waals surface area contributed by atoms with Gasteiger partial charge in [0.05, 0.1) is 0 Å². The predicted molar refractivity (Wildman–Crippen MR) is 175 cm³/mol. The summed E-state index contributed by atoms with van der Waals surface area (Å²) >= 11 is 0. The molecule has 1 atom stereocenters. The molecule has 1 aliphatic rings. The van der Waals surface area contributed by atoms with Crippen molar-refractivity contribution in [1.29, 1.82) is 0 Å². The van der Waals surface area contributed by atoms with Crippen LogP contribution in [0.25, 0.3) is 0 Å². The molecule has 2 N–H and O–H groups in total. The highest BCUT2D eigenvalue weighted by Gasteiger charge is 2.49. The molecule has 1 saturated heterocycles. The van der Waals surface area contributed by atoms with E-state index in [1.807, 2.05) is 12.1 Å². The van der Waals surface area contributed by atoms with Crippen molar-refractivity contribution in [2.24, 2.45) is 0 Å². The molecule has 1 aliphatic heterocycles. The van der Waals surface area contributed by atoms with E-state index in [-0.39, 0.29) is 10.8 Å². The second kappa shape index (κ2) is 16.9. The fraction of sp³-hybridized carbons (Fsp3) is 0.811. The van der Waals surface area contributed by atoms with Gasteiger partial charge in [-0.25, -0.2) is 4.79 Å². The molecule has 0 amide bonds. The predicted octanol–water partition coefficient (Wildman–Crippen LogP) is 10.6. The van der Waals surface area contributed by atoms with Crippen molar-refractivity contribution in [2.75, 3.05) is 13.1 Å². The van der Waals surface area contributed by atoms with Crippen LogP contribution >= 0.6 is 0 Å². The minimum Gasteiger partial charge on any atom is -0.507 e. The molecule has 0 saturated carbocycles. The molecule has 1 fully saturated rings. The van der Waals surface area contributed by atoms with Gasteiger partial charge in [0.15, 0.2) is 0 Å². The number of phenolic OH excluding ortho intramolecular Hbond substituents is 1. The number of benzene rings is 1. The molecule has 0 radical (unpaired) electrons. The van der Waals surface area contributed by atoms with Gasteiger partial charge >= 0.3 is 5.97 Å². The summed E-state index contributed by atoms with van der Waals surface area (Å²) in [4.78, 5) is 15.2. The number of nitrogens with zero attached hydrogens (tertiary/aromatic N) is 1. The Morgan fingerprint density at radius 2 is 1.12 bits per heavy atom. The van der Waals surface area contributed by atoms with Crippen molar-refractivity contribution >= 4 is 5.97 Å². The smallest absolute Gasteiger partial charge is 0.328 e. The van der Waals surface area contributed by atoms with Crippen LogP contribution in [0.4, 0.5) is 0 Å². The Kier molecular flexibility index (Phi) is 14.7. The number of likely N-dealkylation sites (tertiary alicyclic amines) is 1. The lowest BCUT2D eigenvalue weighted by Crippen LogP contribution is -2.48. The van der Waals surface area contributed by atoms with Crippen LogP contribution in [0.15, 0.2) is 12.1 Å². The van der Waals surface area contributed by atoms with E-state index in [0.717, 1.165) is 42.6 Å². The normalized spacial score (nSPS) is 18.3. The third-order valence-corrected chi connectivity index (χ3v) is 9.35. The van der Waals surface area contributed by atoms with E-state index in [0.29, 0.717) is 12.2 Å². The van der Waals surface area contributed by atoms with Crippen molar-refractivity contribution in [3.8, 4) is 5.75 Å². The zero-order valence-corrected chi connectivity index (χ0v) is 28.0. The van der Waals surface area contributed by atoms with Crippen molar-refractivity contribution in [1.82, 2.24) is 4.90 Å². The average molecular weight is 572 g/mol. The molecule has 1 heterocycles. The van der Waals surface area contributed by atoms with Gasteiger partial charge in [-0.05, 0) is 72.0 Å². The highest BCUT2D eigenvalue weighted by atomic mass is 16.4. The van der Waals surface area contributed by atoms with Crippen LogP contribution in [0, 0.1) is 0 Å². The van der Waals surface area contributed by atoms with Crippen molar-refractivity contribution in [3.05, 3.63) is 28.8 Å². The van der Waals surface area contributed by atoms with Gasteiger partial charge in [0.25, 0.3) is 0 Å². The van der Waals surface area contributed by atoms with E-state index >= 15 is 0 Å². The summed E-state index contributed by atoms with van der Waals surface area (Å²) in [5.74, 6) is -0.437. The minimum atomic E-state index is -1.01. The van der Waals surface area contributed by atoms with Crippen LogP contribution in [-0.4, -0.2) is 34.2 Å². The zero-order valence-electron chi connectivity index (χ0n) is 28.0. The number of aliphatic carboxylic acids is 1. The van der Waals surface area contributed by atoms with E-state index in [9.17, 15) is 15.0 Å². The van der Waals surface area contributed by atoms with Gasteiger partial charge < -0.3 is 10.2 Å². The maximum absolute atomic E-state index is 13.0. The first kappa shape index (κ1) is 35.6.